The van der Waals surface area contributed by atoms with Crippen LogP contribution in [0.1, 0.15) is 38.3 Å². The molecule has 152 valence electrons. The first-order valence-corrected chi connectivity index (χ1v) is 8.83. The quantitative estimate of drug-likeness (QED) is 0.683. The highest BCUT2D eigenvalue weighted by Crippen LogP contribution is 2.22. The Morgan fingerprint density at radius 2 is 1.45 bits per heavy atom. The van der Waals surface area contributed by atoms with Gasteiger partial charge >= 0.3 is 5.63 Å². The minimum Gasteiger partial charge on any atom is -0.332 e. The number of amides is 4. The maximum absolute atomic E-state index is 12.9. The highest BCUT2D eigenvalue weighted by molar-refractivity contribution is 6.18. The van der Waals surface area contributed by atoms with E-state index in [2.05, 4.69) is 5.32 Å². The molecule has 0 spiro atoms. The van der Waals surface area contributed by atoms with Gasteiger partial charge in [0.2, 0.25) is 5.91 Å². The summed E-state index contributed by atoms with van der Waals surface area (Å²) in [7, 11) is 0. The summed E-state index contributed by atoms with van der Waals surface area (Å²) >= 11 is 0. The number of nitrogens with zero attached hydrogens (tertiary/aromatic N) is 2. The number of hydrogen-bond acceptors (Lipinski definition) is 7. The molecular weight excluding hydrogens is 382 g/mol. The zero-order valence-electron chi connectivity index (χ0n) is 16.4. The molecule has 10 heteroatoms. The van der Waals surface area contributed by atoms with Crippen molar-refractivity contribution in [1.29, 1.82) is 0 Å². The van der Waals surface area contributed by atoms with E-state index in [1.54, 1.807) is 0 Å². The third-order valence-electron chi connectivity index (χ3n) is 5.28. The molecule has 2 aliphatic rings. The highest BCUT2D eigenvalue weighted by Gasteiger charge is 2.34. The number of imide groups is 2. The summed E-state index contributed by atoms with van der Waals surface area (Å²) in [6, 6.07) is 0. The van der Waals surface area contributed by atoms with Crippen molar-refractivity contribution in [2.45, 2.75) is 47.2 Å². The SMILES string of the molecule is CC1=C(Cn2oc(=O)c(C)c(CN3C(=O)C(C)=C(C)C3=O)c2=O)CC(=O)NC1=O. The van der Waals surface area contributed by atoms with Crippen molar-refractivity contribution in [3.63, 3.8) is 0 Å². The first kappa shape index (κ1) is 20.2. The zero-order valence-corrected chi connectivity index (χ0v) is 16.4. The Balaban J connectivity index is 2.01. The molecule has 0 saturated heterocycles. The normalized spacial score (nSPS) is 17.6. The molecule has 3 heterocycles. The van der Waals surface area contributed by atoms with E-state index in [1.165, 1.54) is 27.7 Å². The van der Waals surface area contributed by atoms with Crippen LogP contribution in [0, 0.1) is 6.92 Å². The van der Waals surface area contributed by atoms with Gasteiger partial charge in [-0.25, -0.2) is 4.79 Å². The second kappa shape index (κ2) is 7.12. The maximum Gasteiger partial charge on any atom is 0.359 e. The Morgan fingerprint density at radius 3 is 2.03 bits per heavy atom. The first-order chi connectivity index (χ1) is 13.5. The van der Waals surface area contributed by atoms with Crippen LogP contribution in [0.25, 0.3) is 0 Å². The molecule has 29 heavy (non-hydrogen) atoms. The number of carbonyl (C=O) groups excluding carboxylic acids is 4. The first-order valence-electron chi connectivity index (χ1n) is 8.83. The molecule has 4 amide bonds. The Hall–Kier alpha value is -3.56. The summed E-state index contributed by atoms with van der Waals surface area (Å²) in [6.07, 6.45) is -0.123. The van der Waals surface area contributed by atoms with Gasteiger partial charge in [0.05, 0.1) is 25.1 Å². The molecule has 1 aromatic heterocycles. The molecule has 10 nitrogen and oxygen atoms in total. The Labute approximate surface area is 164 Å². The monoisotopic (exact) mass is 401 g/mol. The number of rotatable bonds is 4. The molecule has 0 saturated carbocycles. The lowest BCUT2D eigenvalue weighted by molar-refractivity contribution is -0.138. The van der Waals surface area contributed by atoms with E-state index in [-0.39, 0.29) is 47.4 Å². The summed E-state index contributed by atoms with van der Waals surface area (Å²) in [5, 5.41) is 2.16. The number of aromatic nitrogens is 1. The molecular formula is C19H19N3O7. The number of carbonyl (C=O) groups is 4. The van der Waals surface area contributed by atoms with Crippen LogP contribution < -0.4 is 16.5 Å². The van der Waals surface area contributed by atoms with Crippen LogP contribution in [0.2, 0.25) is 0 Å². The van der Waals surface area contributed by atoms with E-state index in [9.17, 15) is 28.8 Å². The summed E-state index contributed by atoms with van der Waals surface area (Å²) in [4.78, 5) is 74.1. The van der Waals surface area contributed by atoms with E-state index in [1.807, 2.05) is 0 Å². The number of hydrogen-bond donors (Lipinski definition) is 1. The predicted molar refractivity (Wildman–Crippen MR) is 98.4 cm³/mol. The maximum atomic E-state index is 12.9. The fourth-order valence-electron chi connectivity index (χ4n) is 3.15. The molecule has 1 aromatic rings. The molecule has 1 N–H and O–H groups in total. The van der Waals surface area contributed by atoms with E-state index in [0.717, 1.165) is 9.64 Å². The second-order valence-corrected chi connectivity index (χ2v) is 7.05. The van der Waals surface area contributed by atoms with Crippen LogP contribution in [-0.4, -0.2) is 33.3 Å². The van der Waals surface area contributed by atoms with Crippen LogP contribution in [0.3, 0.4) is 0 Å². The lowest BCUT2D eigenvalue weighted by atomic mass is 10.0. The van der Waals surface area contributed by atoms with Gasteiger partial charge in [-0.15, -0.1) is 0 Å². The summed E-state index contributed by atoms with van der Waals surface area (Å²) < 4.78 is 5.78. The van der Waals surface area contributed by atoms with Gasteiger partial charge in [-0.05, 0) is 33.3 Å². The van der Waals surface area contributed by atoms with Crippen molar-refractivity contribution < 1.29 is 23.7 Å². The van der Waals surface area contributed by atoms with E-state index in [4.69, 9.17) is 4.52 Å². The fourth-order valence-corrected chi connectivity index (χ4v) is 3.15. The summed E-state index contributed by atoms with van der Waals surface area (Å²) in [5.41, 5.74) is -0.463. The van der Waals surface area contributed by atoms with Gasteiger partial charge in [0.15, 0.2) is 0 Å². The smallest absolute Gasteiger partial charge is 0.332 e. The predicted octanol–water partition coefficient (Wildman–Crippen LogP) is -0.322. The van der Waals surface area contributed by atoms with Gasteiger partial charge < -0.3 is 4.52 Å². The summed E-state index contributed by atoms with van der Waals surface area (Å²) in [5.74, 6) is -2.16. The lowest BCUT2D eigenvalue weighted by Crippen LogP contribution is -2.39. The van der Waals surface area contributed by atoms with Crippen LogP contribution in [0.5, 0.6) is 0 Å². The van der Waals surface area contributed by atoms with Crippen LogP contribution in [0.4, 0.5) is 0 Å². The molecule has 0 aromatic carbocycles. The van der Waals surface area contributed by atoms with E-state index >= 15 is 0 Å². The Morgan fingerprint density at radius 1 is 0.862 bits per heavy atom. The van der Waals surface area contributed by atoms with Crippen molar-refractivity contribution in [3.05, 3.63) is 54.2 Å². The van der Waals surface area contributed by atoms with Crippen molar-refractivity contribution in [1.82, 2.24) is 15.0 Å². The Kier molecular flexibility index (Phi) is 4.95. The topological polar surface area (TPSA) is 136 Å². The third kappa shape index (κ3) is 3.37. The standard InChI is InChI=1S/C19H19N3O7/c1-8-9(2)17(26)21(16(8)25)7-13-11(4)19(28)29-22(18(13)27)6-12-5-14(23)20-15(24)10(12)3/h5-7H2,1-4H3,(H,20,23,24). The van der Waals surface area contributed by atoms with Gasteiger partial charge in [0.25, 0.3) is 23.3 Å². The molecule has 0 atom stereocenters. The van der Waals surface area contributed by atoms with Crippen LogP contribution >= 0.6 is 0 Å². The lowest BCUT2D eigenvalue weighted by Gasteiger charge is -2.19. The Bertz CT molecular complexity index is 1140. The van der Waals surface area contributed by atoms with Crippen molar-refractivity contribution in [2.24, 2.45) is 0 Å². The average Bonchev–Trinajstić information content (AvgIpc) is 2.84. The number of nitrogens with one attached hydrogen (secondary N) is 1. The van der Waals surface area contributed by atoms with Gasteiger partial charge in [-0.2, -0.15) is 4.74 Å². The van der Waals surface area contributed by atoms with Crippen LogP contribution in [-0.2, 0) is 32.3 Å². The van der Waals surface area contributed by atoms with Crippen molar-refractivity contribution >= 4 is 23.6 Å². The van der Waals surface area contributed by atoms with E-state index < -0.39 is 34.8 Å². The molecule has 0 radical (unpaired) electrons. The molecule has 3 rings (SSSR count). The molecule has 0 aliphatic carbocycles. The molecule has 0 bridgehead atoms. The fraction of sp³-hybridized carbons (Fsp3) is 0.368. The second-order valence-electron chi connectivity index (χ2n) is 7.05. The minimum absolute atomic E-state index is 0.0165. The van der Waals surface area contributed by atoms with Gasteiger partial charge in [-0.1, -0.05) is 0 Å². The van der Waals surface area contributed by atoms with E-state index in [0.29, 0.717) is 5.57 Å². The van der Waals surface area contributed by atoms with Gasteiger partial charge in [0.1, 0.15) is 0 Å². The highest BCUT2D eigenvalue weighted by atomic mass is 16.5. The summed E-state index contributed by atoms with van der Waals surface area (Å²) in [6.45, 7) is 5.24. The largest absolute Gasteiger partial charge is 0.359 e. The molecule has 0 fully saturated rings. The zero-order chi connectivity index (χ0) is 21.6. The van der Waals surface area contributed by atoms with Crippen LogP contribution in [0.15, 0.2) is 36.4 Å². The average molecular weight is 401 g/mol. The third-order valence-corrected chi connectivity index (χ3v) is 5.28. The minimum atomic E-state index is -0.815. The molecule has 2 aliphatic heterocycles. The molecule has 0 unspecified atom stereocenters. The van der Waals surface area contributed by atoms with Gasteiger partial charge in [0, 0.05) is 22.3 Å². The van der Waals surface area contributed by atoms with Gasteiger partial charge in [-0.3, -0.25) is 34.2 Å². The van der Waals surface area contributed by atoms with Crippen molar-refractivity contribution in [3.8, 4) is 0 Å². The van der Waals surface area contributed by atoms with Crippen molar-refractivity contribution in [2.75, 3.05) is 0 Å².